The zero-order valence-electron chi connectivity index (χ0n) is 10.6. The summed E-state index contributed by atoms with van der Waals surface area (Å²) in [5.74, 6) is 0.613. The largest absolute Gasteiger partial charge is 0.370 e. The number of nitrogens with two attached hydrogens (primary N) is 1. The van der Waals surface area contributed by atoms with Crippen molar-refractivity contribution >= 4 is 16.9 Å². The van der Waals surface area contributed by atoms with Crippen LogP contribution in [0.25, 0.3) is 10.9 Å². The van der Waals surface area contributed by atoms with E-state index in [1.807, 2.05) is 24.9 Å². The van der Waals surface area contributed by atoms with Crippen LogP contribution in [0.4, 0.5) is 0 Å². The fraction of sp³-hybridized carbons (Fsp3) is 0.286. The van der Waals surface area contributed by atoms with Gasteiger partial charge in [0.2, 0.25) is 0 Å². The topological polar surface area (TPSA) is 54.5 Å². The van der Waals surface area contributed by atoms with E-state index in [1.165, 1.54) is 5.56 Å². The van der Waals surface area contributed by atoms with Crippen LogP contribution < -0.4 is 5.73 Å². The van der Waals surface area contributed by atoms with E-state index in [2.05, 4.69) is 34.2 Å². The minimum absolute atomic E-state index is 0.246. The third-order valence-electron chi connectivity index (χ3n) is 3.49. The maximum absolute atomic E-state index is 5.80. The summed E-state index contributed by atoms with van der Waals surface area (Å²) in [5.41, 5.74) is 9.12. The van der Waals surface area contributed by atoms with Gasteiger partial charge in [-0.05, 0) is 30.7 Å². The van der Waals surface area contributed by atoms with Gasteiger partial charge in [-0.1, -0.05) is 12.1 Å². The highest BCUT2D eigenvalue weighted by Crippen LogP contribution is 2.26. The molecule has 0 saturated heterocycles. The third-order valence-corrected chi connectivity index (χ3v) is 3.49. The molecule has 2 heterocycles. The Hall–Kier alpha value is -2.10. The average molecular weight is 240 g/mol. The lowest BCUT2D eigenvalue weighted by Gasteiger charge is -2.21. The highest BCUT2D eigenvalue weighted by Gasteiger charge is 2.23. The van der Waals surface area contributed by atoms with Gasteiger partial charge in [-0.15, -0.1) is 0 Å². The quantitative estimate of drug-likeness (QED) is 0.827. The predicted molar refractivity (Wildman–Crippen MR) is 73.5 cm³/mol. The number of pyridine rings is 1. The van der Waals surface area contributed by atoms with E-state index in [1.54, 1.807) is 0 Å². The van der Waals surface area contributed by atoms with Gasteiger partial charge in [0.25, 0.3) is 0 Å². The lowest BCUT2D eigenvalue weighted by atomic mass is 10.0. The van der Waals surface area contributed by atoms with E-state index in [-0.39, 0.29) is 6.04 Å². The number of nitrogens with zero attached hydrogens (tertiary/aromatic N) is 3. The molecule has 0 saturated carbocycles. The van der Waals surface area contributed by atoms with Crippen molar-refractivity contribution in [2.24, 2.45) is 10.7 Å². The number of aliphatic imine (C=N–C) groups is 1. The molecule has 0 spiro atoms. The molecule has 3 rings (SSSR count). The molecule has 0 aliphatic carbocycles. The number of aromatic nitrogens is 1. The zero-order chi connectivity index (χ0) is 12.7. The first-order chi connectivity index (χ1) is 8.65. The smallest absolute Gasteiger partial charge is 0.191 e. The molecule has 1 aromatic heterocycles. The van der Waals surface area contributed by atoms with E-state index < -0.39 is 0 Å². The maximum Gasteiger partial charge on any atom is 0.191 e. The number of benzene rings is 1. The Morgan fingerprint density at radius 3 is 2.83 bits per heavy atom. The van der Waals surface area contributed by atoms with Gasteiger partial charge in [0.1, 0.15) is 0 Å². The van der Waals surface area contributed by atoms with Gasteiger partial charge in [-0.3, -0.25) is 9.98 Å². The van der Waals surface area contributed by atoms with Crippen LogP contribution in [-0.2, 0) is 0 Å². The summed E-state index contributed by atoms with van der Waals surface area (Å²) in [4.78, 5) is 10.8. The minimum Gasteiger partial charge on any atom is -0.370 e. The van der Waals surface area contributed by atoms with Crippen LogP contribution in [0, 0.1) is 6.92 Å². The van der Waals surface area contributed by atoms with Crippen molar-refractivity contribution in [2.45, 2.75) is 13.0 Å². The van der Waals surface area contributed by atoms with Crippen LogP contribution in [0.15, 0.2) is 35.3 Å². The molecule has 0 radical (unpaired) electrons. The first-order valence-electron chi connectivity index (χ1n) is 6.05. The average Bonchev–Trinajstić information content (AvgIpc) is 2.69. The fourth-order valence-electron chi connectivity index (χ4n) is 2.36. The molecule has 4 nitrogen and oxygen atoms in total. The van der Waals surface area contributed by atoms with Crippen LogP contribution in [0.5, 0.6) is 0 Å². The molecule has 92 valence electrons. The molecule has 1 aliphatic heterocycles. The van der Waals surface area contributed by atoms with Crippen molar-refractivity contribution in [3.05, 3.63) is 41.6 Å². The maximum atomic E-state index is 5.80. The molecule has 2 aromatic rings. The first kappa shape index (κ1) is 11.0. The van der Waals surface area contributed by atoms with Gasteiger partial charge in [0.05, 0.1) is 18.1 Å². The standard InChI is InChI=1S/C14H16N4/c1-9-3-4-10-7-11(5-6-12(10)17-9)13-8-16-14(15)18(13)2/h3-7,13H,8H2,1-2H3,(H2,15,16). The van der Waals surface area contributed by atoms with Crippen LogP contribution in [0.1, 0.15) is 17.3 Å². The summed E-state index contributed by atoms with van der Waals surface area (Å²) in [6, 6.07) is 10.8. The number of aryl methyl sites for hydroxylation is 1. The van der Waals surface area contributed by atoms with Crippen molar-refractivity contribution in [3.8, 4) is 0 Å². The zero-order valence-corrected chi connectivity index (χ0v) is 10.6. The Kier molecular flexibility index (Phi) is 2.44. The van der Waals surface area contributed by atoms with E-state index in [0.29, 0.717) is 5.96 Å². The molecular formula is C14H16N4. The molecule has 2 N–H and O–H groups in total. The molecule has 1 aromatic carbocycles. The van der Waals surface area contributed by atoms with Gasteiger partial charge >= 0.3 is 0 Å². The summed E-state index contributed by atoms with van der Waals surface area (Å²) in [5, 5.41) is 1.16. The molecule has 0 bridgehead atoms. The normalized spacial score (nSPS) is 19.3. The molecule has 18 heavy (non-hydrogen) atoms. The highest BCUT2D eigenvalue weighted by atomic mass is 15.3. The summed E-state index contributed by atoms with van der Waals surface area (Å²) >= 11 is 0. The Bertz CT molecular complexity index is 633. The number of fused-ring (bicyclic) bond motifs is 1. The minimum atomic E-state index is 0.246. The number of likely N-dealkylation sites (N-methyl/N-ethyl adjacent to an activating group) is 1. The van der Waals surface area contributed by atoms with Crippen molar-refractivity contribution < 1.29 is 0 Å². The Morgan fingerprint density at radius 2 is 2.11 bits per heavy atom. The lowest BCUT2D eigenvalue weighted by molar-refractivity contribution is 0.414. The molecule has 4 heteroatoms. The second kappa shape index (κ2) is 3.98. The number of guanidine groups is 1. The molecule has 1 aliphatic rings. The van der Waals surface area contributed by atoms with Gasteiger partial charge in [-0.2, -0.15) is 0 Å². The molecule has 0 fully saturated rings. The Labute approximate surface area is 106 Å². The SMILES string of the molecule is Cc1ccc2cc(C3CN=C(N)N3C)ccc2n1. The lowest BCUT2D eigenvalue weighted by Crippen LogP contribution is -2.32. The van der Waals surface area contributed by atoms with E-state index >= 15 is 0 Å². The molecular weight excluding hydrogens is 224 g/mol. The fourth-order valence-corrected chi connectivity index (χ4v) is 2.36. The summed E-state index contributed by atoms with van der Waals surface area (Å²) in [6.07, 6.45) is 0. The number of rotatable bonds is 1. The summed E-state index contributed by atoms with van der Waals surface area (Å²) in [6.45, 7) is 2.74. The predicted octanol–water partition coefficient (Wildman–Crippen LogP) is 1.84. The first-order valence-corrected chi connectivity index (χ1v) is 6.05. The van der Waals surface area contributed by atoms with Crippen LogP contribution >= 0.6 is 0 Å². The Morgan fingerprint density at radius 1 is 1.28 bits per heavy atom. The van der Waals surface area contributed by atoms with Crippen molar-refractivity contribution in [1.82, 2.24) is 9.88 Å². The van der Waals surface area contributed by atoms with Crippen LogP contribution in [0.3, 0.4) is 0 Å². The van der Waals surface area contributed by atoms with Crippen molar-refractivity contribution in [2.75, 3.05) is 13.6 Å². The molecule has 1 atom stereocenters. The summed E-state index contributed by atoms with van der Waals surface area (Å²) in [7, 11) is 1.98. The van der Waals surface area contributed by atoms with Crippen LogP contribution in [0.2, 0.25) is 0 Å². The van der Waals surface area contributed by atoms with Gasteiger partial charge < -0.3 is 10.6 Å². The second-order valence-corrected chi connectivity index (χ2v) is 4.73. The molecule has 1 unspecified atom stereocenters. The van der Waals surface area contributed by atoms with Crippen LogP contribution in [-0.4, -0.2) is 29.4 Å². The Balaban J connectivity index is 2.02. The van der Waals surface area contributed by atoms with Gasteiger partial charge in [0, 0.05) is 18.1 Å². The van der Waals surface area contributed by atoms with Gasteiger partial charge in [-0.25, -0.2) is 0 Å². The van der Waals surface area contributed by atoms with E-state index in [4.69, 9.17) is 5.73 Å². The van der Waals surface area contributed by atoms with Gasteiger partial charge in [0.15, 0.2) is 5.96 Å². The van der Waals surface area contributed by atoms with E-state index in [9.17, 15) is 0 Å². The molecule has 0 amide bonds. The second-order valence-electron chi connectivity index (χ2n) is 4.73. The highest BCUT2D eigenvalue weighted by molar-refractivity contribution is 5.82. The summed E-state index contributed by atoms with van der Waals surface area (Å²) < 4.78 is 0. The number of hydrogen-bond donors (Lipinski definition) is 1. The van der Waals surface area contributed by atoms with Crippen molar-refractivity contribution in [1.29, 1.82) is 0 Å². The third kappa shape index (κ3) is 1.70. The van der Waals surface area contributed by atoms with E-state index in [0.717, 1.165) is 23.1 Å². The van der Waals surface area contributed by atoms with Crippen molar-refractivity contribution in [3.63, 3.8) is 0 Å². The monoisotopic (exact) mass is 240 g/mol. The number of hydrogen-bond acceptors (Lipinski definition) is 4.